The number of hydrogen-bond donors (Lipinski definition) is 2. The molecular weight excluding hydrogens is 244 g/mol. The lowest BCUT2D eigenvalue weighted by atomic mass is 9.91. The number of nitrogens with one attached hydrogen (secondary N) is 1. The van der Waals surface area contributed by atoms with Crippen LogP contribution in [0.1, 0.15) is 41.7 Å². The summed E-state index contributed by atoms with van der Waals surface area (Å²) < 4.78 is 0. The normalized spacial score (nSPS) is 15.1. The van der Waals surface area contributed by atoms with E-state index in [1.54, 1.807) is 11.8 Å². The first kappa shape index (κ1) is 13.8. The zero-order valence-corrected chi connectivity index (χ0v) is 11.2. The number of amides is 1. The van der Waals surface area contributed by atoms with Crippen molar-refractivity contribution in [1.29, 1.82) is 0 Å². The highest BCUT2D eigenvalue weighted by Gasteiger charge is 2.29. The van der Waals surface area contributed by atoms with Crippen LogP contribution in [0.2, 0.25) is 0 Å². The fourth-order valence-electron chi connectivity index (χ4n) is 2.28. The fraction of sp³-hybridized carbons (Fsp3) is 0.571. The van der Waals surface area contributed by atoms with Gasteiger partial charge in [-0.05, 0) is 32.6 Å². The molecule has 1 aromatic heterocycles. The number of aliphatic hydroxyl groups is 1. The van der Waals surface area contributed by atoms with Crippen molar-refractivity contribution in [3.63, 3.8) is 0 Å². The highest BCUT2D eigenvalue weighted by Crippen LogP contribution is 2.25. The number of carbonyl (C=O) groups is 1. The molecule has 2 rings (SSSR count). The number of aliphatic hydroxyl groups excluding tert-OH is 1. The molecule has 0 unspecified atom stereocenters. The van der Waals surface area contributed by atoms with Gasteiger partial charge >= 0.3 is 0 Å². The van der Waals surface area contributed by atoms with E-state index in [0.717, 1.165) is 25.0 Å². The molecule has 2 N–H and O–H groups in total. The maximum absolute atomic E-state index is 12.4. The van der Waals surface area contributed by atoms with E-state index in [9.17, 15) is 9.59 Å². The van der Waals surface area contributed by atoms with Gasteiger partial charge in [0.2, 0.25) is 0 Å². The van der Waals surface area contributed by atoms with Crippen molar-refractivity contribution in [3.8, 4) is 0 Å². The largest absolute Gasteiger partial charge is 0.396 e. The fourth-order valence-corrected chi connectivity index (χ4v) is 2.28. The topological polar surface area (TPSA) is 73.4 Å². The SMILES string of the molecule is Cc1cc(=O)c(C(=O)N(CCCO)C2CCC2)c[nH]1. The molecule has 0 aromatic carbocycles. The molecule has 5 nitrogen and oxygen atoms in total. The number of carbonyl (C=O) groups excluding carboxylic acids is 1. The number of nitrogens with zero attached hydrogens (tertiary/aromatic N) is 1. The number of rotatable bonds is 5. The molecule has 1 fully saturated rings. The second kappa shape index (κ2) is 6.02. The van der Waals surface area contributed by atoms with Crippen LogP contribution in [0.4, 0.5) is 0 Å². The van der Waals surface area contributed by atoms with Crippen LogP contribution in [-0.4, -0.2) is 40.1 Å². The van der Waals surface area contributed by atoms with Gasteiger partial charge < -0.3 is 15.0 Å². The van der Waals surface area contributed by atoms with Gasteiger partial charge in [0, 0.05) is 37.2 Å². The quantitative estimate of drug-likeness (QED) is 0.835. The summed E-state index contributed by atoms with van der Waals surface area (Å²) in [5, 5.41) is 8.93. The van der Waals surface area contributed by atoms with Gasteiger partial charge in [-0.3, -0.25) is 9.59 Å². The number of aromatic nitrogens is 1. The number of aryl methyl sites for hydroxylation is 1. The molecule has 0 aliphatic heterocycles. The van der Waals surface area contributed by atoms with Crippen molar-refractivity contribution in [1.82, 2.24) is 9.88 Å². The standard InChI is InChI=1S/C14H20N2O3/c1-10-8-13(18)12(9-15-10)14(19)16(6-3-7-17)11-4-2-5-11/h8-9,11,17H,2-7H2,1H3,(H,15,18). The Kier molecular flexibility index (Phi) is 4.37. The van der Waals surface area contributed by atoms with Crippen LogP contribution < -0.4 is 5.43 Å². The second-order valence-corrected chi connectivity index (χ2v) is 5.05. The third-order valence-corrected chi connectivity index (χ3v) is 3.62. The van der Waals surface area contributed by atoms with E-state index in [0.29, 0.717) is 13.0 Å². The molecule has 1 amide bonds. The lowest BCUT2D eigenvalue weighted by Crippen LogP contribution is -2.46. The predicted octanol–water partition coefficient (Wildman–Crippen LogP) is 1.06. The van der Waals surface area contributed by atoms with Gasteiger partial charge in [-0.15, -0.1) is 0 Å². The van der Waals surface area contributed by atoms with Crippen LogP contribution in [0.15, 0.2) is 17.1 Å². The Hall–Kier alpha value is -1.62. The Labute approximate surface area is 112 Å². The number of pyridine rings is 1. The summed E-state index contributed by atoms with van der Waals surface area (Å²) in [4.78, 5) is 29.0. The number of hydrogen-bond acceptors (Lipinski definition) is 3. The van der Waals surface area contributed by atoms with Crippen molar-refractivity contribution in [2.45, 2.75) is 38.6 Å². The summed E-state index contributed by atoms with van der Waals surface area (Å²) in [6.45, 7) is 2.35. The van der Waals surface area contributed by atoms with Gasteiger partial charge in [0.1, 0.15) is 5.56 Å². The van der Waals surface area contributed by atoms with E-state index in [2.05, 4.69) is 4.98 Å². The first-order valence-electron chi connectivity index (χ1n) is 6.74. The number of H-pyrrole nitrogens is 1. The molecule has 1 aromatic rings. The van der Waals surface area contributed by atoms with Gasteiger partial charge in [-0.1, -0.05) is 0 Å². The molecule has 1 aliphatic rings. The highest BCUT2D eigenvalue weighted by atomic mass is 16.3. The van der Waals surface area contributed by atoms with Crippen LogP contribution in [-0.2, 0) is 0 Å². The maximum atomic E-state index is 12.4. The third-order valence-electron chi connectivity index (χ3n) is 3.62. The van der Waals surface area contributed by atoms with Crippen LogP contribution in [0.3, 0.4) is 0 Å². The van der Waals surface area contributed by atoms with Crippen LogP contribution in [0, 0.1) is 6.92 Å². The lowest BCUT2D eigenvalue weighted by Gasteiger charge is -2.37. The monoisotopic (exact) mass is 264 g/mol. The molecule has 0 bridgehead atoms. The summed E-state index contributed by atoms with van der Waals surface area (Å²) in [6.07, 6.45) is 5.14. The van der Waals surface area contributed by atoms with Crippen LogP contribution in [0.5, 0.6) is 0 Å². The van der Waals surface area contributed by atoms with Gasteiger partial charge in [0.05, 0.1) is 0 Å². The van der Waals surface area contributed by atoms with Crippen LogP contribution >= 0.6 is 0 Å². The summed E-state index contributed by atoms with van der Waals surface area (Å²) in [5.74, 6) is -0.223. The zero-order chi connectivity index (χ0) is 13.8. The molecule has 1 heterocycles. The smallest absolute Gasteiger partial charge is 0.259 e. The average molecular weight is 264 g/mol. The molecule has 5 heteroatoms. The van der Waals surface area contributed by atoms with E-state index >= 15 is 0 Å². The highest BCUT2D eigenvalue weighted by molar-refractivity contribution is 5.94. The Balaban J connectivity index is 2.20. The van der Waals surface area contributed by atoms with Crippen molar-refractivity contribution >= 4 is 5.91 Å². The van der Waals surface area contributed by atoms with E-state index in [1.165, 1.54) is 12.3 Å². The molecule has 104 valence electrons. The average Bonchev–Trinajstić information content (AvgIpc) is 2.31. The van der Waals surface area contributed by atoms with Crippen molar-refractivity contribution in [2.75, 3.05) is 13.2 Å². The molecule has 1 saturated carbocycles. The molecule has 0 atom stereocenters. The van der Waals surface area contributed by atoms with Gasteiger partial charge in [-0.25, -0.2) is 0 Å². The third kappa shape index (κ3) is 3.04. The summed E-state index contributed by atoms with van der Waals surface area (Å²) in [6, 6.07) is 1.66. The van der Waals surface area contributed by atoms with E-state index in [-0.39, 0.29) is 29.5 Å². The molecular formula is C14H20N2O3. The van der Waals surface area contributed by atoms with Crippen LogP contribution in [0.25, 0.3) is 0 Å². The van der Waals surface area contributed by atoms with Gasteiger partial charge in [-0.2, -0.15) is 0 Å². The molecule has 0 spiro atoms. The molecule has 1 aliphatic carbocycles. The Bertz CT molecular complexity index is 506. The second-order valence-electron chi connectivity index (χ2n) is 5.05. The minimum Gasteiger partial charge on any atom is -0.396 e. The Morgan fingerprint density at radius 2 is 2.26 bits per heavy atom. The van der Waals surface area contributed by atoms with E-state index < -0.39 is 0 Å². The molecule has 0 radical (unpaired) electrons. The van der Waals surface area contributed by atoms with Crippen molar-refractivity contribution in [3.05, 3.63) is 33.7 Å². The number of aromatic amines is 1. The molecule has 0 saturated heterocycles. The minimum atomic E-state index is -0.241. The summed E-state index contributed by atoms with van der Waals surface area (Å²) >= 11 is 0. The summed E-state index contributed by atoms with van der Waals surface area (Å²) in [7, 11) is 0. The summed E-state index contributed by atoms with van der Waals surface area (Å²) in [5.41, 5.74) is 0.692. The lowest BCUT2D eigenvalue weighted by molar-refractivity contribution is 0.0561. The molecule has 19 heavy (non-hydrogen) atoms. The Morgan fingerprint density at radius 3 is 2.79 bits per heavy atom. The first-order valence-corrected chi connectivity index (χ1v) is 6.74. The maximum Gasteiger partial charge on any atom is 0.259 e. The van der Waals surface area contributed by atoms with Crippen molar-refractivity contribution < 1.29 is 9.90 Å². The minimum absolute atomic E-state index is 0.0563. The van der Waals surface area contributed by atoms with Crippen molar-refractivity contribution in [2.24, 2.45) is 0 Å². The zero-order valence-electron chi connectivity index (χ0n) is 11.2. The Morgan fingerprint density at radius 1 is 1.53 bits per heavy atom. The predicted molar refractivity (Wildman–Crippen MR) is 72.2 cm³/mol. The van der Waals surface area contributed by atoms with Gasteiger partial charge in [0.15, 0.2) is 5.43 Å². The van der Waals surface area contributed by atoms with Gasteiger partial charge in [0.25, 0.3) is 5.91 Å². The van der Waals surface area contributed by atoms with E-state index in [4.69, 9.17) is 5.11 Å². The first-order chi connectivity index (χ1) is 9.13. The van der Waals surface area contributed by atoms with E-state index in [1.807, 2.05) is 0 Å².